The number of hydrogen-bond acceptors (Lipinski definition) is 6. The minimum absolute atomic E-state index is 0.0520. The Balaban J connectivity index is 1.20. The summed E-state index contributed by atoms with van der Waals surface area (Å²) < 4.78 is 0. The van der Waals surface area contributed by atoms with Gasteiger partial charge in [0.25, 0.3) is 5.91 Å². The van der Waals surface area contributed by atoms with Gasteiger partial charge >= 0.3 is 0 Å². The van der Waals surface area contributed by atoms with Crippen molar-refractivity contribution in [3.63, 3.8) is 0 Å². The molecule has 29 heavy (non-hydrogen) atoms. The van der Waals surface area contributed by atoms with Crippen molar-refractivity contribution < 1.29 is 9.90 Å². The topological polar surface area (TPSA) is 62.3 Å². The van der Waals surface area contributed by atoms with Crippen LogP contribution in [0.3, 0.4) is 0 Å². The lowest BCUT2D eigenvalue weighted by Crippen LogP contribution is -2.57. The van der Waals surface area contributed by atoms with E-state index in [4.69, 9.17) is 0 Å². The van der Waals surface area contributed by atoms with Gasteiger partial charge in [0.1, 0.15) is 6.23 Å². The third-order valence-corrected chi connectivity index (χ3v) is 6.88. The molecule has 1 amide bonds. The van der Waals surface area contributed by atoms with Gasteiger partial charge in [-0.3, -0.25) is 19.5 Å². The first-order chi connectivity index (χ1) is 14.1. The van der Waals surface area contributed by atoms with Crippen LogP contribution in [-0.2, 0) is 0 Å². The van der Waals surface area contributed by atoms with Crippen LogP contribution in [-0.4, -0.2) is 104 Å². The fourth-order valence-corrected chi connectivity index (χ4v) is 4.66. The number of β-amino-alcohol motifs (C(OH)–C–C–N with tert-alkyl or cyclic N) is 1. The molecule has 3 aliphatic rings. The summed E-state index contributed by atoms with van der Waals surface area (Å²) in [6.07, 6.45) is 3.75. The molecule has 1 aromatic rings. The number of nitrogens with one attached hydrogen (secondary N) is 1. The molecule has 1 aromatic carbocycles. The molecular formula is C22H35N5O2. The first-order valence-corrected chi connectivity index (χ1v) is 11.1. The second-order valence-corrected chi connectivity index (χ2v) is 8.55. The smallest absolute Gasteiger partial charge is 0.251 e. The highest BCUT2D eigenvalue weighted by Gasteiger charge is 2.30. The number of amides is 1. The maximum Gasteiger partial charge on any atom is 0.251 e. The van der Waals surface area contributed by atoms with E-state index in [1.165, 1.54) is 19.3 Å². The van der Waals surface area contributed by atoms with E-state index in [1.807, 2.05) is 24.3 Å². The highest BCUT2D eigenvalue weighted by molar-refractivity contribution is 5.94. The maximum atomic E-state index is 11.7. The largest absolute Gasteiger partial charge is 0.377 e. The molecule has 7 heteroatoms. The first-order valence-electron chi connectivity index (χ1n) is 11.1. The van der Waals surface area contributed by atoms with E-state index >= 15 is 0 Å². The van der Waals surface area contributed by atoms with Gasteiger partial charge in [-0.1, -0.05) is 6.42 Å². The van der Waals surface area contributed by atoms with Gasteiger partial charge in [-0.2, -0.15) is 0 Å². The third kappa shape index (κ3) is 4.91. The summed E-state index contributed by atoms with van der Waals surface area (Å²) in [5.74, 6) is -0.0520. The molecule has 0 spiro atoms. The molecular weight excluding hydrogens is 366 g/mol. The molecule has 0 aromatic heterocycles. The SMILES string of the molecule is CNC(=O)c1ccc(N2CCN(CC(O)N3CCN(C4CCC4)CC3)CC2)cc1. The van der Waals surface area contributed by atoms with Gasteiger partial charge in [0.2, 0.25) is 0 Å². The average Bonchev–Trinajstić information content (AvgIpc) is 2.73. The van der Waals surface area contributed by atoms with Gasteiger partial charge in [-0.15, -0.1) is 0 Å². The number of benzene rings is 1. The van der Waals surface area contributed by atoms with Crippen molar-refractivity contribution in [2.75, 3.05) is 70.9 Å². The maximum absolute atomic E-state index is 11.7. The lowest BCUT2D eigenvalue weighted by atomic mass is 9.91. The molecule has 7 nitrogen and oxygen atoms in total. The highest BCUT2D eigenvalue weighted by Crippen LogP contribution is 2.26. The number of aliphatic hydroxyl groups excluding tert-OH is 1. The van der Waals surface area contributed by atoms with Gasteiger partial charge in [0.05, 0.1) is 0 Å². The minimum atomic E-state index is -0.364. The molecule has 0 radical (unpaired) electrons. The van der Waals surface area contributed by atoms with Crippen LogP contribution in [0.5, 0.6) is 0 Å². The molecule has 1 aliphatic carbocycles. The number of carbonyl (C=O) groups is 1. The van der Waals surface area contributed by atoms with Gasteiger partial charge < -0.3 is 15.3 Å². The van der Waals surface area contributed by atoms with Crippen molar-refractivity contribution >= 4 is 11.6 Å². The summed E-state index contributed by atoms with van der Waals surface area (Å²) >= 11 is 0. The standard InChI is InChI=1S/C22H35N5O2/c1-23-22(29)18-5-7-20(8-6-18)25-11-9-24(10-12-25)17-21(28)27-15-13-26(14-16-27)19-3-2-4-19/h5-8,19,21,28H,2-4,9-17H2,1H3,(H,23,29). The van der Waals surface area contributed by atoms with Crippen LogP contribution in [0.2, 0.25) is 0 Å². The summed E-state index contributed by atoms with van der Waals surface area (Å²) in [4.78, 5) is 21.3. The number of piperazine rings is 2. The summed E-state index contributed by atoms with van der Waals surface area (Å²) in [6, 6.07) is 8.63. The number of hydrogen-bond donors (Lipinski definition) is 2. The fourth-order valence-electron chi connectivity index (χ4n) is 4.66. The zero-order valence-electron chi connectivity index (χ0n) is 17.6. The van der Waals surface area contributed by atoms with Crippen molar-refractivity contribution in [3.8, 4) is 0 Å². The van der Waals surface area contributed by atoms with Crippen molar-refractivity contribution in [1.29, 1.82) is 0 Å². The molecule has 2 N–H and O–H groups in total. The lowest BCUT2D eigenvalue weighted by Gasteiger charge is -2.45. The van der Waals surface area contributed by atoms with Gasteiger partial charge in [0.15, 0.2) is 0 Å². The van der Waals surface area contributed by atoms with Crippen molar-refractivity contribution in [2.24, 2.45) is 0 Å². The van der Waals surface area contributed by atoms with Crippen LogP contribution in [0.1, 0.15) is 29.6 Å². The van der Waals surface area contributed by atoms with Crippen LogP contribution in [0.4, 0.5) is 5.69 Å². The van der Waals surface area contributed by atoms with Crippen LogP contribution in [0.15, 0.2) is 24.3 Å². The van der Waals surface area contributed by atoms with Gasteiger partial charge in [-0.25, -0.2) is 0 Å². The molecule has 3 fully saturated rings. The quantitative estimate of drug-likeness (QED) is 0.730. The van der Waals surface area contributed by atoms with E-state index in [2.05, 4.69) is 24.9 Å². The number of aliphatic hydroxyl groups is 1. The highest BCUT2D eigenvalue weighted by atomic mass is 16.3. The first kappa shape index (κ1) is 20.6. The number of nitrogens with zero attached hydrogens (tertiary/aromatic N) is 4. The van der Waals surface area contributed by atoms with Gasteiger partial charge in [0, 0.05) is 83.2 Å². The van der Waals surface area contributed by atoms with E-state index in [0.717, 1.165) is 70.6 Å². The lowest BCUT2D eigenvalue weighted by molar-refractivity contribution is -0.0548. The Morgan fingerprint density at radius 3 is 2.24 bits per heavy atom. The number of rotatable bonds is 6. The van der Waals surface area contributed by atoms with Crippen molar-refractivity contribution in [1.82, 2.24) is 20.0 Å². The Kier molecular flexibility index (Phi) is 6.70. The van der Waals surface area contributed by atoms with E-state index < -0.39 is 0 Å². The van der Waals surface area contributed by atoms with E-state index in [9.17, 15) is 9.90 Å². The van der Waals surface area contributed by atoms with Gasteiger partial charge in [-0.05, 0) is 37.1 Å². The van der Waals surface area contributed by atoms with Crippen molar-refractivity contribution in [2.45, 2.75) is 31.5 Å². The molecule has 2 heterocycles. The minimum Gasteiger partial charge on any atom is -0.377 e. The normalized spacial score (nSPS) is 23.6. The number of anilines is 1. The molecule has 2 saturated heterocycles. The Bertz CT molecular complexity index is 662. The monoisotopic (exact) mass is 401 g/mol. The third-order valence-electron chi connectivity index (χ3n) is 6.88. The Labute approximate surface area is 174 Å². The molecule has 1 atom stereocenters. The second kappa shape index (κ2) is 9.43. The van der Waals surface area contributed by atoms with E-state index in [1.54, 1.807) is 7.05 Å². The summed E-state index contributed by atoms with van der Waals surface area (Å²) in [5, 5.41) is 13.4. The summed E-state index contributed by atoms with van der Waals surface area (Å²) in [5.41, 5.74) is 1.85. The molecule has 160 valence electrons. The van der Waals surface area contributed by atoms with Crippen LogP contribution < -0.4 is 10.2 Å². The average molecular weight is 402 g/mol. The number of carbonyl (C=O) groups excluding carboxylic acids is 1. The fraction of sp³-hybridized carbons (Fsp3) is 0.682. The Hall–Kier alpha value is -1.67. The van der Waals surface area contributed by atoms with Crippen molar-refractivity contribution in [3.05, 3.63) is 29.8 Å². The predicted molar refractivity (Wildman–Crippen MR) is 115 cm³/mol. The molecule has 4 rings (SSSR count). The summed E-state index contributed by atoms with van der Waals surface area (Å²) in [6.45, 7) is 8.69. The Morgan fingerprint density at radius 1 is 1.03 bits per heavy atom. The van der Waals surface area contributed by atoms with E-state index in [0.29, 0.717) is 5.56 Å². The van der Waals surface area contributed by atoms with Crippen LogP contribution in [0.25, 0.3) is 0 Å². The zero-order valence-corrected chi connectivity index (χ0v) is 17.6. The predicted octanol–water partition coefficient (Wildman–Crippen LogP) is 0.657. The second-order valence-electron chi connectivity index (χ2n) is 8.55. The molecule has 1 unspecified atom stereocenters. The summed E-state index contributed by atoms with van der Waals surface area (Å²) in [7, 11) is 1.65. The Morgan fingerprint density at radius 2 is 1.69 bits per heavy atom. The molecule has 0 bridgehead atoms. The van der Waals surface area contributed by atoms with Crippen LogP contribution in [0, 0.1) is 0 Å². The molecule has 1 saturated carbocycles. The van der Waals surface area contributed by atoms with Crippen LogP contribution >= 0.6 is 0 Å². The van der Waals surface area contributed by atoms with E-state index in [-0.39, 0.29) is 12.1 Å². The molecule has 2 aliphatic heterocycles. The zero-order chi connectivity index (χ0) is 20.2.